The molecule has 0 atom stereocenters. The van der Waals surface area contributed by atoms with Gasteiger partial charge in [-0.1, -0.05) is 0 Å². The summed E-state index contributed by atoms with van der Waals surface area (Å²) in [6, 6.07) is 0. The van der Waals surface area contributed by atoms with Gasteiger partial charge in [0.25, 0.3) is 0 Å². The molecule has 20 heavy (non-hydrogen) atoms. The summed E-state index contributed by atoms with van der Waals surface area (Å²) in [6.45, 7) is 1.17. The zero-order valence-corrected chi connectivity index (χ0v) is 10.8. The number of hydrogen-bond donors (Lipinski definition) is 2. The highest BCUT2D eigenvalue weighted by molar-refractivity contribution is 6.34. The molecule has 1 fully saturated rings. The van der Waals surface area contributed by atoms with E-state index in [4.69, 9.17) is 0 Å². The number of hydrogen-bond acceptors (Lipinski definition) is 6. The van der Waals surface area contributed by atoms with E-state index in [1.54, 1.807) is 6.92 Å². The molecule has 1 heterocycles. The van der Waals surface area contributed by atoms with Crippen molar-refractivity contribution in [3.63, 3.8) is 0 Å². The van der Waals surface area contributed by atoms with Crippen molar-refractivity contribution >= 4 is 23.4 Å². The molecule has 0 aliphatic heterocycles. The van der Waals surface area contributed by atoms with Gasteiger partial charge in [0.15, 0.2) is 11.6 Å². The van der Waals surface area contributed by atoms with E-state index in [9.17, 15) is 24.6 Å². The van der Waals surface area contributed by atoms with Crippen LogP contribution in [0, 0.1) is 6.92 Å². The molecule has 1 aliphatic rings. The lowest BCUT2D eigenvalue weighted by molar-refractivity contribution is -0.132. The van der Waals surface area contributed by atoms with Gasteiger partial charge in [-0.2, -0.15) is 0 Å². The van der Waals surface area contributed by atoms with Crippen molar-refractivity contribution in [2.24, 2.45) is 0 Å². The molecule has 0 radical (unpaired) electrons. The Kier molecular flexibility index (Phi) is 3.76. The number of nitrogens with zero attached hydrogens (tertiary/aromatic N) is 1. The lowest BCUT2D eigenvalue weighted by Crippen LogP contribution is -2.25. The fourth-order valence-electron chi connectivity index (χ4n) is 2.01. The highest BCUT2D eigenvalue weighted by atomic mass is 16.3. The third-order valence-corrected chi connectivity index (χ3v) is 3.13. The van der Waals surface area contributed by atoms with E-state index in [1.807, 2.05) is 0 Å². The molecule has 0 unspecified atom stereocenters. The highest BCUT2D eigenvalue weighted by Gasteiger charge is 2.29. The summed E-state index contributed by atoms with van der Waals surface area (Å²) in [5, 5.41) is 19.2. The van der Waals surface area contributed by atoms with Gasteiger partial charge in [-0.3, -0.25) is 19.4 Å². The molecule has 1 aromatic rings. The molecule has 1 aliphatic carbocycles. The van der Waals surface area contributed by atoms with E-state index in [1.165, 1.54) is 12.3 Å². The van der Waals surface area contributed by atoms with E-state index < -0.39 is 17.3 Å². The van der Waals surface area contributed by atoms with Crippen LogP contribution in [0.25, 0.3) is 6.08 Å². The van der Waals surface area contributed by atoms with Crippen molar-refractivity contribution in [1.29, 1.82) is 0 Å². The molecule has 2 rings (SSSR count). The summed E-state index contributed by atoms with van der Waals surface area (Å²) in [4.78, 5) is 38.5. The van der Waals surface area contributed by atoms with Crippen LogP contribution in [0.4, 0.5) is 0 Å². The average Bonchev–Trinajstić information content (AvgIpc) is 2.38. The number of aromatic nitrogens is 1. The van der Waals surface area contributed by atoms with Gasteiger partial charge in [0.05, 0.1) is 30.7 Å². The summed E-state index contributed by atoms with van der Waals surface area (Å²) >= 11 is 0. The monoisotopic (exact) mass is 275 g/mol. The summed E-state index contributed by atoms with van der Waals surface area (Å²) in [5.74, 6) is -1.73. The van der Waals surface area contributed by atoms with E-state index in [2.05, 4.69) is 4.98 Å². The zero-order chi connectivity index (χ0) is 14.9. The van der Waals surface area contributed by atoms with E-state index in [-0.39, 0.29) is 36.3 Å². The standard InChI is InChI=1S/C14H13NO5/c1-7-14(20)10(8(6-16)5-15-7)4-11-12(18)2-9(17)3-13(11)19/h4-5,16,20H,2-3,6H2,1H3. The molecular weight excluding hydrogens is 262 g/mol. The van der Waals surface area contributed by atoms with Gasteiger partial charge in [-0.25, -0.2) is 0 Å². The highest BCUT2D eigenvalue weighted by Crippen LogP contribution is 2.28. The Morgan fingerprint density at radius 1 is 1.25 bits per heavy atom. The second kappa shape index (κ2) is 5.34. The van der Waals surface area contributed by atoms with Crippen LogP contribution in [0.3, 0.4) is 0 Å². The third kappa shape index (κ3) is 2.50. The fraction of sp³-hybridized carbons (Fsp3) is 0.286. The molecule has 1 aromatic heterocycles. The summed E-state index contributed by atoms with van der Waals surface area (Å²) in [6.07, 6.45) is 1.98. The lowest BCUT2D eigenvalue weighted by atomic mass is 9.89. The molecule has 1 saturated carbocycles. The number of aromatic hydroxyl groups is 1. The molecule has 0 saturated heterocycles. The van der Waals surface area contributed by atoms with E-state index >= 15 is 0 Å². The number of aryl methyl sites for hydroxylation is 1. The minimum absolute atomic E-state index is 0.125. The second-order valence-electron chi connectivity index (χ2n) is 4.59. The van der Waals surface area contributed by atoms with E-state index in [0.717, 1.165) is 0 Å². The first-order chi connectivity index (χ1) is 9.43. The van der Waals surface area contributed by atoms with Crippen LogP contribution in [0.15, 0.2) is 11.8 Å². The summed E-state index contributed by atoms with van der Waals surface area (Å²) in [7, 11) is 0. The smallest absolute Gasteiger partial charge is 0.173 e. The first-order valence-corrected chi connectivity index (χ1v) is 6.02. The average molecular weight is 275 g/mol. The SMILES string of the molecule is Cc1ncc(CO)c(C=C2C(=O)CC(=O)CC2=O)c1O. The van der Waals surface area contributed by atoms with Gasteiger partial charge in [-0.05, 0) is 13.0 Å². The molecule has 6 heteroatoms. The summed E-state index contributed by atoms with van der Waals surface area (Å²) < 4.78 is 0. The van der Waals surface area contributed by atoms with Crippen molar-refractivity contribution in [3.8, 4) is 5.75 Å². The normalized spacial score (nSPS) is 15.7. The Bertz CT molecular complexity index is 623. The Hall–Kier alpha value is -2.34. The number of carbonyl (C=O) groups excluding carboxylic acids is 3. The van der Waals surface area contributed by atoms with Gasteiger partial charge in [-0.15, -0.1) is 0 Å². The first kappa shape index (κ1) is 14.1. The number of pyridine rings is 1. The number of carbonyl (C=O) groups is 3. The maximum atomic E-state index is 11.7. The zero-order valence-electron chi connectivity index (χ0n) is 10.8. The van der Waals surface area contributed by atoms with Gasteiger partial charge in [0.2, 0.25) is 0 Å². The molecule has 2 N–H and O–H groups in total. The molecule has 104 valence electrons. The number of allylic oxidation sites excluding steroid dienone is 1. The predicted molar refractivity (Wildman–Crippen MR) is 68.8 cm³/mol. The van der Waals surface area contributed by atoms with Gasteiger partial charge >= 0.3 is 0 Å². The maximum absolute atomic E-state index is 11.7. The van der Waals surface area contributed by atoms with Crippen molar-refractivity contribution in [3.05, 3.63) is 28.6 Å². The number of ketones is 3. The van der Waals surface area contributed by atoms with Crippen LogP contribution >= 0.6 is 0 Å². The minimum Gasteiger partial charge on any atom is -0.505 e. The Balaban J connectivity index is 2.55. The topological polar surface area (TPSA) is 105 Å². The molecular formula is C14H13NO5. The number of aliphatic hydroxyl groups is 1. The molecule has 0 aromatic carbocycles. The molecule has 6 nitrogen and oxygen atoms in total. The molecule has 0 spiro atoms. The van der Waals surface area contributed by atoms with Crippen molar-refractivity contribution in [2.75, 3.05) is 0 Å². The van der Waals surface area contributed by atoms with Crippen LogP contribution in [0.5, 0.6) is 5.75 Å². The van der Waals surface area contributed by atoms with Gasteiger partial charge in [0, 0.05) is 17.3 Å². The van der Waals surface area contributed by atoms with Crippen molar-refractivity contribution < 1.29 is 24.6 Å². The summed E-state index contributed by atoms with van der Waals surface area (Å²) in [5.41, 5.74) is 0.685. The van der Waals surface area contributed by atoms with Gasteiger partial charge < -0.3 is 10.2 Å². The van der Waals surface area contributed by atoms with Crippen LogP contribution in [0.1, 0.15) is 29.7 Å². The Morgan fingerprint density at radius 3 is 2.40 bits per heavy atom. The van der Waals surface area contributed by atoms with Crippen LogP contribution in [-0.2, 0) is 21.0 Å². The fourth-order valence-corrected chi connectivity index (χ4v) is 2.01. The predicted octanol–water partition coefficient (Wildman–Crippen LogP) is 0.472. The van der Waals surface area contributed by atoms with Crippen molar-refractivity contribution in [2.45, 2.75) is 26.4 Å². The van der Waals surface area contributed by atoms with Crippen LogP contribution < -0.4 is 0 Å². The Morgan fingerprint density at radius 2 is 1.85 bits per heavy atom. The van der Waals surface area contributed by atoms with Crippen LogP contribution in [-0.4, -0.2) is 32.5 Å². The number of aliphatic hydroxyl groups excluding tert-OH is 1. The van der Waals surface area contributed by atoms with Gasteiger partial charge in [0.1, 0.15) is 11.5 Å². The maximum Gasteiger partial charge on any atom is 0.173 e. The second-order valence-corrected chi connectivity index (χ2v) is 4.59. The minimum atomic E-state index is -0.566. The number of Topliss-reactive ketones (excluding diaryl/α,β-unsaturated/α-hetero) is 3. The molecule has 0 amide bonds. The third-order valence-electron chi connectivity index (χ3n) is 3.13. The van der Waals surface area contributed by atoms with E-state index in [0.29, 0.717) is 11.3 Å². The number of rotatable bonds is 2. The Labute approximate surface area is 114 Å². The molecule has 0 bridgehead atoms. The lowest BCUT2D eigenvalue weighted by Gasteiger charge is -2.13. The van der Waals surface area contributed by atoms with Crippen LogP contribution in [0.2, 0.25) is 0 Å². The largest absolute Gasteiger partial charge is 0.505 e. The quantitative estimate of drug-likeness (QED) is 0.462. The first-order valence-electron chi connectivity index (χ1n) is 6.02. The van der Waals surface area contributed by atoms with Crippen molar-refractivity contribution in [1.82, 2.24) is 4.98 Å².